The van der Waals surface area contributed by atoms with Crippen molar-refractivity contribution in [3.05, 3.63) is 34.8 Å². The summed E-state index contributed by atoms with van der Waals surface area (Å²) in [4.78, 5) is 8.42. The fourth-order valence-electron chi connectivity index (χ4n) is 1.63. The Morgan fingerprint density at radius 2 is 2.44 bits per heavy atom. The zero-order chi connectivity index (χ0) is 11.4. The Morgan fingerprint density at radius 1 is 1.56 bits per heavy atom. The molecule has 5 heteroatoms. The molecule has 2 rings (SSSR count). The minimum absolute atomic E-state index is 0.0814. The maximum absolute atomic E-state index is 6.01. The van der Waals surface area contributed by atoms with Crippen LogP contribution in [-0.2, 0) is 13.0 Å². The number of rotatable bonds is 5. The molecule has 2 aromatic rings. The zero-order valence-corrected chi connectivity index (χ0v) is 10.2. The fourth-order valence-corrected chi connectivity index (χ4v) is 2.22. The first-order valence-electron chi connectivity index (χ1n) is 5.44. The lowest BCUT2D eigenvalue weighted by molar-refractivity contribution is 0.586. The van der Waals surface area contributed by atoms with Gasteiger partial charge >= 0.3 is 0 Å². The number of nitrogens with zero attached hydrogens (tertiary/aromatic N) is 3. The van der Waals surface area contributed by atoms with Gasteiger partial charge in [-0.1, -0.05) is 6.92 Å². The normalized spacial score (nSPS) is 12.9. The molecule has 0 aliphatic carbocycles. The molecular weight excluding hydrogens is 220 g/mol. The number of hydrogen-bond donors (Lipinski definition) is 1. The SMILES string of the molecule is CC[C@@H](N)c1cncn1CCc1cscn1. The Morgan fingerprint density at radius 3 is 3.12 bits per heavy atom. The van der Waals surface area contributed by atoms with Gasteiger partial charge < -0.3 is 10.3 Å². The van der Waals surface area contributed by atoms with E-state index in [0.29, 0.717) is 0 Å². The number of aryl methyl sites for hydroxylation is 2. The summed E-state index contributed by atoms with van der Waals surface area (Å²) >= 11 is 1.63. The van der Waals surface area contributed by atoms with Gasteiger partial charge in [-0.05, 0) is 6.42 Å². The van der Waals surface area contributed by atoms with Gasteiger partial charge in [0.1, 0.15) is 0 Å². The predicted octanol–water partition coefficient (Wildman–Crippen LogP) is 1.99. The molecule has 4 nitrogen and oxygen atoms in total. The van der Waals surface area contributed by atoms with Crippen LogP contribution in [0.25, 0.3) is 0 Å². The minimum atomic E-state index is 0.0814. The van der Waals surface area contributed by atoms with Crippen LogP contribution < -0.4 is 5.73 Å². The van der Waals surface area contributed by atoms with Gasteiger partial charge in [0, 0.05) is 30.6 Å². The highest BCUT2D eigenvalue weighted by Gasteiger charge is 2.09. The van der Waals surface area contributed by atoms with E-state index in [2.05, 4.69) is 26.8 Å². The second-order valence-electron chi connectivity index (χ2n) is 3.76. The lowest BCUT2D eigenvalue weighted by Crippen LogP contribution is -2.15. The second kappa shape index (κ2) is 5.23. The van der Waals surface area contributed by atoms with E-state index in [0.717, 1.165) is 30.8 Å². The van der Waals surface area contributed by atoms with E-state index in [1.807, 2.05) is 18.0 Å². The van der Waals surface area contributed by atoms with Gasteiger partial charge in [0.15, 0.2) is 0 Å². The molecule has 0 spiro atoms. The van der Waals surface area contributed by atoms with E-state index in [1.165, 1.54) is 0 Å². The summed E-state index contributed by atoms with van der Waals surface area (Å²) in [6, 6.07) is 0.0814. The number of aromatic nitrogens is 3. The third kappa shape index (κ3) is 2.48. The van der Waals surface area contributed by atoms with Crippen LogP contribution in [0, 0.1) is 0 Å². The standard InChI is InChI=1S/C11H16N4S/c1-2-10(12)11-5-13-7-15(11)4-3-9-6-16-8-14-9/h5-8,10H,2-4,12H2,1H3/t10-/m1/s1. The lowest BCUT2D eigenvalue weighted by Gasteiger charge is -2.12. The van der Waals surface area contributed by atoms with E-state index in [4.69, 9.17) is 5.73 Å². The molecule has 86 valence electrons. The van der Waals surface area contributed by atoms with Crippen molar-refractivity contribution in [2.75, 3.05) is 0 Å². The number of nitrogens with two attached hydrogens (primary N) is 1. The van der Waals surface area contributed by atoms with Gasteiger partial charge in [-0.25, -0.2) is 9.97 Å². The first-order valence-corrected chi connectivity index (χ1v) is 6.38. The first kappa shape index (κ1) is 11.3. The molecule has 2 aromatic heterocycles. The molecule has 0 aromatic carbocycles. The van der Waals surface area contributed by atoms with Crippen LogP contribution in [0.4, 0.5) is 0 Å². The van der Waals surface area contributed by atoms with E-state index < -0.39 is 0 Å². The molecule has 0 saturated carbocycles. The summed E-state index contributed by atoms with van der Waals surface area (Å²) in [6.07, 6.45) is 5.57. The number of thiazole rings is 1. The Labute approximate surface area is 99.2 Å². The summed E-state index contributed by atoms with van der Waals surface area (Å²) in [5, 5.41) is 2.08. The lowest BCUT2D eigenvalue weighted by atomic mass is 10.2. The van der Waals surface area contributed by atoms with Crippen LogP contribution in [0.15, 0.2) is 23.4 Å². The maximum atomic E-state index is 6.01. The molecule has 0 aliphatic heterocycles. The Balaban J connectivity index is 2.01. The van der Waals surface area contributed by atoms with Crippen LogP contribution in [0.3, 0.4) is 0 Å². The van der Waals surface area contributed by atoms with Crippen LogP contribution in [0.2, 0.25) is 0 Å². The van der Waals surface area contributed by atoms with E-state index in [9.17, 15) is 0 Å². The molecule has 1 atom stereocenters. The van der Waals surface area contributed by atoms with Crippen LogP contribution in [0.1, 0.15) is 30.8 Å². The zero-order valence-electron chi connectivity index (χ0n) is 9.34. The highest BCUT2D eigenvalue weighted by molar-refractivity contribution is 7.07. The highest BCUT2D eigenvalue weighted by atomic mass is 32.1. The van der Waals surface area contributed by atoms with Crippen molar-refractivity contribution in [3.63, 3.8) is 0 Å². The van der Waals surface area contributed by atoms with Crippen molar-refractivity contribution in [1.82, 2.24) is 14.5 Å². The topological polar surface area (TPSA) is 56.7 Å². The highest BCUT2D eigenvalue weighted by Crippen LogP contribution is 2.13. The third-order valence-electron chi connectivity index (χ3n) is 2.66. The van der Waals surface area contributed by atoms with E-state index in [-0.39, 0.29) is 6.04 Å². The van der Waals surface area contributed by atoms with Crippen molar-refractivity contribution in [1.29, 1.82) is 0 Å². The second-order valence-corrected chi connectivity index (χ2v) is 4.48. The Hall–Kier alpha value is -1.20. The minimum Gasteiger partial charge on any atom is -0.333 e. The van der Waals surface area contributed by atoms with Gasteiger partial charge in [-0.3, -0.25) is 0 Å². The molecule has 2 N–H and O–H groups in total. The molecule has 0 aliphatic rings. The number of hydrogen-bond acceptors (Lipinski definition) is 4. The predicted molar refractivity (Wildman–Crippen MR) is 65.3 cm³/mol. The molecule has 0 bridgehead atoms. The summed E-state index contributed by atoms with van der Waals surface area (Å²) in [5.41, 5.74) is 10.1. The van der Waals surface area contributed by atoms with Gasteiger partial charge in [0.05, 0.1) is 23.2 Å². The smallest absolute Gasteiger partial charge is 0.0948 e. The molecule has 0 radical (unpaired) electrons. The summed E-state index contributed by atoms with van der Waals surface area (Å²) in [6.45, 7) is 2.98. The Kier molecular flexibility index (Phi) is 3.69. The first-order chi connectivity index (χ1) is 7.81. The van der Waals surface area contributed by atoms with Gasteiger partial charge in [0.2, 0.25) is 0 Å². The monoisotopic (exact) mass is 236 g/mol. The average Bonchev–Trinajstić information content (AvgIpc) is 2.96. The summed E-state index contributed by atoms with van der Waals surface area (Å²) in [7, 11) is 0. The average molecular weight is 236 g/mol. The number of imidazole rings is 1. The van der Waals surface area contributed by atoms with Crippen molar-refractivity contribution in [2.45, 2.75) is 32.4 Å². The Bertz CT molecular complexity index is 421. The van der Waals surface area contributed by atoms with Crippen molar-refractivity contribution in [3.8, 4) is 0 Å². The van der Waals surface area contributed by atoms with E-state index >= 15 is 0 Å². The largest absolute Gasteiger partial charge is 0.333 e. The molecule has 2 heterocycles. The van der Waals surface area contributed by atoms with Crippen LogP contribution in [0.5, 0.6) is 0 Å². The fraction of sp³-hybridized carbons (Fsp3) is 0.455. The van der Waals surface area contributed by atoms with Crippen LogP contribution in [-0.4, -0.2) is 14.5 Å². The van der Waals surface area contributed by atoms with Gasteiger partial charge in [-0.2, -0.15) is 0 Å². The van der Waals surface area contributed by atoms with Crippen LogP contribution >= 0.6 is 11.3 Å². The summed E-state index contributed by atoms with van der Waals surface area (Å²) in [5.74, 6) is 0. The van der Waals surface area contributed by atoms with Crippen molar-refractivity contribution in [2.24, 2.45) is 5.73 Å². The van der Waals surface area contributed by atoms with Gasteiger partial charge in [0.25, 0.3) is 0 Å². The molecule has 16 heavy (non-hydrogen) atoms. The molecule has 0 amide bonds. The van der Waals surface area contributed by atoms with Crippen molar-refractivity contribution >= 4 is 11.3 Å². The molecule has 0 fully saturated rings. The van der Waals surface area contributed by atoms with E-state index in [1.54, 1.807) is 11.3 Å². The quantitative estimate of drug-likeness (QED) is 0.863. The van der Waals surface area contributed by atoms with Crippen molar-refractivity contribution < 1.29 is 0 Å². The maximum Gasteiger partial charge on any atom is 0.0948 e. The molecule has 0 unspecified atom stereocenters. The third-order valence-corrected chi connectivity index (χ3v) is 3.29. The molecule has 0 saturated heterocycles. The van der Waals surface area contributed by atoms with Gasteiger partial charge in [-0.15, -0.1) is 11.3 Å². The summed E-state index contributed by atoms with van der Waals surface area (Å²) < 4.78 is 2.12. The molecular formula is C11H16N4S.